The normalized spacial score (nSPS) is 14.3. The van der Waals surface area contributed by atoms with Gasteiger partial charge in [-0.05, 0) is 80.7 Å². The van der Waals surface area contributed by atoms with Crippen LogP contribution in [0.3, 0.4) is 0 Å². The third-order valence-corrected chi connectivity index (χ3v) is 5.94. The maximum Gasteiger partial charge on any atom is 0.329 e. The van der Waals surface area contributed by atoms with Gasteiger partial charge in [0.25, 0.3) is 0 Å². The number of anilines is 1. The Bertz CT molecular complexity index is 908. The zero-order valence-electron chi connectivity index (χ0n) is 16.7. The minimum Gasteiger partial charge on any atom is -0.456 e. The van der Waals surface area contributed by atoms with Crippen LogP contribution in [0.4, 0.5) is 10.5 Å². The lowest BCUT2D eigenvalue weighted by Gasteiger charge is -2.16. The molecule has 0 saturated carbocycles. The molecule has 0 aliphatic heterocycles. The Morgan fingerprint density at radius 3 is 2.31 bits per heavy atom. The first-order valence-electron chi connectivity index (χ1n) is 9.65. The first-order valence-corrected chi connectivity index (χ1v) is 10.5. The van der Waals surface area contributed by atoms with Gasteiger partial charge in [0.05, 0.1) is 11.9 Å². The molecule has 0 radical (unpaired) electrons. The van der Waals surface area contributed by atoms with Crippen LogP contribution in [0.25, 0.3) is 0 Å². The Hall–Kier alpha value is -2.63. The molecule has 5 N–H and O–H groups in total. The van der Waals surface area contributed by atoms with Crippen LogP contribution in [0.1, 0.15) is 54.5 Å². The lowest BCUT2D eigenvalue weighted by atomic mass is 9.99. The first kappa shape index (κ1) is 21.1. The molecule has 2 aliphatic rings. The van der Waals surface area contributed by atoms with Crippen LogP contribution in [-0.4, -0.2) is 11.1 Å². The molecule has 8 heteroatoms. The molecule has 154 valence electrons. The Morgan fingerprint density at radius 1 is 1.21 bits per heavy atom. The third kappa shape index (κ3) is 4.86. The first-order chi connectivity index (χ1) is 13.8. The molecule has 1 aromatic carbocycles. The summed E-state index contributed by atoms with van der Waals surface area (Å²) < 4.78 is 8.19. The second-order valence-corrected chi connectivity index (χ2v) is 8.55. The summed E-state index contributed by atoms with van der Waals surface area (Å²) in [4.78, 5) is 12.5. The molecule has 0 bridgehead atoms. The van der Waals surface area contributed by atoms with Gasteiger partial charge in [-0.1, -0.05) is 6.07 Å². The summed E-state index contributed by atoms with van der Waals surface area (Å²) in [5.74, 6) is 0. The number of fused-ring (bicyclic) bond motifs is 2. The number of amides is 2. The number of nitriles is 1. The van der Waals surface area contributed by atoms with Gasteiger partial charge in [0, 0.05) is 23.2 Å². The van der Waals surface area contributed by atoms with Gasteiger partial charge < -0.3 is 20.6 Å². The van der Waals surface area contributed by atoms with Crippen molar-refractivity contribution in [1.29, 1.82) is 5.26 Å². The minimum absolute atomic E-state index is 0.245. The van der Waals surface area contributed by atoms with E-state index in [2.05, 4.69) is 21.8 Å². The quantitative estimate of drug-likeness (QED) is 0.343. The van der Waals surface area contributed by atoms with Crippen molar-refractivity contribution in [3.63, 3.8) is 0 Å². The molecular formula is C21H26N4O3S. The van der Waals surface area contributed by atoms with Crippen molar-refractivity contribution >= 4 is 23.7 Å². The zero-order chi connectivity index (χ0) is 21.0. The van der Waals surface area contributed by atoms with Crippen molar-refractivity contribution < 1.29 is 14.3 Å². The maximum atomic E-state index is 12.5. The van der Waals surface area contributed by atoms with Crippen molar-refractivity contribution in [1.82, 2.24) is 4.72 Å². The predicted octanol–water partition coefficient (Wildman–Crippen LogP) is 3.74. The van der Waals surface area contributed by atoms with Gasteiger partial charge in [-0.3, -0.25) is 4.72 Å². The molecule has 1 aromatic heterocycles. The van der Waals surface area contributed by atoms with E-state index in [4.69, 9.17) is 9.68 Å². The fourth-order valence-corrected chi connectivity index (χ4v) is 4.42. The fourth-order valence-electron chi connectivity index (χ4n) is 3.89. The van der Waals surface area contributed by atoms with E-state index < -0.39 is 5.60 Å². The molecule has 29 heavy (non-hydrogen) atoms. The Labute approximate surface area is 174 Å². The molecule has 0 saturated heterocycles. The molecule has 0 atom stereocenters. The molecule has 0 fully saturated rings. The minimum atomic E-state index is -0.963. The maximum absolute atomic E-state index is 12.5. The summed E-state index contributed by atoms with van der Waals surface area (Å²) in [6, 6.07) is 3.84. The standard InChI is InChI=1S/C20H24N2O3S.CH2N2/c1-20(2,24)14-10-17(25-11-14)26-22-19(23)21-18-15-7-3-5-12(15)9-13-6-4-8-16(13)18;2-1-3/h9-11,24H,3-8H2,1-2H3,(H2,21,22,23);2H2. The second kappa shape index (κ2) is 8.80. The number of urea groups is 1. The molecule has 7 nitrogen and oxygen atoms in total. The zero-order valence-corrected chi connectivity index (χ0v) is 17.5. The molecule has 0 spiro atoms. The number of aliphatic hydroxyl groups is 1. The van der Waals surface area contributed by atoms with Crippen LogP contribution >= 0.6 is 11.9 Å². The van der Waals surface area contributed by atoms with E-state index in [9.17, 15) is 9.90 Å². The van der Waals surface area contributed by atoms with Crippen molar-refractivity contribution in [2.75, 3.05) is 5.32 Å². The van der Waals surface area contributed by atoms with Crippen molar-refractivity contribution in [3.8, 4) is 6.19 Å². The van der Waals surface area contributed by atoms with E-state index in [1.54, 1.807) is 19.9 Å². The van der Waals surface area contributed by atoms with Crippen LogP contribution in [-0.2, 0) is 31.3 Å². The molecule has 4 rings (SSSR count). The summed E-state index contributed by atoms with van der Waals surface area (Å²) >= 11 is 1.11. The number of carbonyl (C=O) groups excluding carboxylic acids is 1. The SMILES string of the molecule is CC(C)(O)c1coc(SNC(=O)Nc2c3c(cc4c2CCC4)CCC3)c1.N#CN. The number of carbonyl (C=O) groups is 1. The van der Waals surface area contributed by atoms with Gasteiger partial charge >= 0.3 is 6.03 Å². The van der Waals surface area contributed by atoms with E-state index in [0.717, 1.165) is 56.2 Å². The number of hydrogen-bond acceptors (Lipinski definition) is 6. The number of hydrogen-bond donors (Lipinski definition) is 4. The largest absolute Gasteiger partial charge is 0.456 e. The van der Waals surface area contributed by atoms with Gasteiger partial charge in [0.2, 0.25) is 0 Å². The summed E-state index contributed by atoms with van der Waals surface area (Å²) in [5, 5.41) is 20.7. The van der Waals surface area contributed by atoms with Gasteiger partial charge in [0.1, 0.15) is 0 Å². The topological polar surface area (TPSA) is 124 Å². The highest BCUT2D eigenvalue weighted by Gasteiger charge is 2.25. The van der Waals surface area contributed by atoms with E-state index >= 15 is 0 Å². The Balaban J connectivity index is 0.000000755. The van der Waals surface area contributed by atoms with Crippen LogP contribution in [0.15, 0.2) is 27.9 Å². The number of furan rings is 1. The number of benzene rings is 1. The van der Waals surface area contributed by atoms with Gasteiger partial charge in [-0.15, -0.1) is 0 Å². The van der Waals surface area contributed by atoms with E-state index in [-0.39, 0.29) is 6.03 Å². The van der Waals surface area contributed by atoms with E-state index in [1.807, 2.05) is 0 Å². The number of nitrogens with one attached hydrogen (secondary N) is 2. The fraction of sp³-hybridized carbons (Fsp3) is 0.429. The highest BCUT2D eigenvalue weighted by atomic mass is 32.2. The van der Waals surface area contributed by atoms with Crippen LogP contribution in [0.5, 0.6) is 0 Å². The number of rotatable bonds is 4. The monoisotopic (exact) mass is 414 g/mol. The molecule has 2 amide bonds. The van der Waals surface area contributed by atoms with Crippen LogP contribution in [0, 0.1) is 11.5 Å². The van der Waals surface area contributed by atoms with Gasteiger partial charge in [0.15, 0.2) is 11.3 Å². The lowest BCUT2D eigenvalue weighted by molar-refractivity contribution is 0.0779. The molecule has 2 aliphatic carbocycles. The number of aryl methyl sites for hydroxylation is 2. The summed E-state index contributed by atoms with van der Waals surface area (Å²) in [6.45, 7) is 3.39. The highest BCUT2D eigenvalue weighted by Crippen LogP contribution is 2.38. The van der Waals surface area contributed by atoms with Gasteiger partial charge in [-0.2, -0.15) is 5.26 Å². The molecule has 1 heterocycles. The number of nitrogens with two attached hydrogens (primary N) is 1. The molecule has 2 aromatic rings. The molecule has 0 unspecified atom stereocenters. The summed E-state index contributed by atoms with van der Waals surface area (Å²) in [6.07, 6.45) is 9.39. The average molecular weight is 415 g/mol. The molecular weight excluding hydrogens is 388 g/mol. The highest BCUT2D eigenvalue weighted by molar-refractivity contribution is 7.97. The Kier molecular flexibility index (Phi) is 6.40. The third-order valence-electron chi connectivity index (χ3n) is 5.24. The lowest BCUT2D eigenvalue weighted by Crippen LogP contribution is -2.24. The smallest absolute Gasteiger partial charge is 0.329 e. The summed E-state index contributed by atoms with van der Waals surface area (Å²) in [7, 11) is 0. The number of nitrogens with zero attached hydrogens (tertiary/aromatic N) is 1. The average Bonchev–Trinajstić information content (AvgIpc) is 3.39. The van der Waals surface area contributed by atoms with Gasteiger partial charge in [-0.25, -0.2) is 4.79 Å². The second-order valence-electron chi connectivity index (χ2n) is 7.73. The predicted molar refractivity (Wildman–Crippen MR) is 112 cm³/mol. The van der Waals surface area contributed by atoms with Crippen LogP contribution < -0.4 is 15.8 Å². The van der Waals surface area contributed by atoms with Crippen LogP contribution in [0.2, 0.25) is 0 Å². The Morgan fingerprint density at radius 2 is 1.79 bits per heavy atom. The van der Waals surface area contributed by atoms with Crippen molar-refractivity contribution in [2.24, 2.45) is 5.73 Å². The van der Waals surface area contributed by atoms with Crippen molar-refractivity contribution in [3.05, 3.63) is 46.2 Å². The van der Waals surface area contributed by atoms with E-state index in [0.29, 0.717) is 10.7 Å². The van der Waals surface area contributed by atoms with Crippen molar-refractivity contribution in [2.45, 2.75) is 63.1 Å². The van der Waals surface area contributed by atoms with E-state index in [1.165, 1.54) is 34.7 Å². The summed E-state index contributed by atoms with van der Waals surface area (Å²) in [5.41, 5.74) is 10.3.